The van der Waals surface area contributed by atoms with Crippen LogP contribution in [0.3, 0.4) is 0 Å². The van der Waals surface area contributed by atoms with Crippen LogP contribution >= 0.6 is 0 Å². The van der Waals surface area contributed by atoms with E-state index in [1.807, 2.05) is 6.07 Å². The smallest absolute Gasteiger partial charge is 0.338 e. The van der Waals surface area contributed by atoms with E-state index in [9.17, 15) is 73.5 Å². The number of aromatic nitrogens is 1. The van der Waals surface area contributed by atoms with E-state index in [2.05, 4.69) is 16.0 Å². The van der Waals surface area contributed by atoms with E-state index in [0.717, 1.165) is 21.4 Å². The number of nitrogens with zero attached hydrogens (tertiary/aromatic N) is 3. The quantitative estimate of drug-likeness (QED) is 0.0181. The number of halogens is 1. The van der Waals surface area contributed by atoms with Gasteiger partial charge in [0.05, 0.1) is 54.2 Å². The molecule has 9 N–H and O–H groups in total. The second kappa shape index (κ2) is 29.4. The maximum atomic E-state index is 15.5. The maximum Gasteiger partial charge on any atom is 0.338 e. The van der Waals surface area contributed by atoms with Gasteiger partial charge in [-0.25, -0.2) is 14.2 Å². The van der Waals surface area contributed by atoms with E-state index in [1.165, 1.54) is 19.9 Å². The summed E-state index contributed by atoms with van der Waals surface area (Å²) in [5.41, 5.74) is 2.07. The molecule has 2 fully saturated rings. The van der Waals surface area contributed by atoms with Crippen LogP contribution in [0.5, 0.6) is 0 Å². The Labute approximate surface area is 495 Å². The fourth-order valence-electron chi connectivity index (χ4n) is 11.4. The Hall–Kier alpha value is -7.26. The van der Waals surface area contributed by atoms with Gasteiger partial charge in [0.25, 0.3) is 0 Å². The number of carbonyl (C=O) groups is 10. The zero-order valence-electron chi connectivity index (χ0n) is 48.6. The molecule has 6 amide bonds. The Balaban J connectivity index is 0.893. The molecule has 86 heavy (non-hydrogen) atoms. The number of aliphatic hydroxyl groups excluding tert-OH is 5. The first-order valence-electron chi connectivity index (χ1n) is 29.1. The van der Waals surface area contributed by atoms with Crippen molar-refractivity contribution in [3.05, 3.63) is 82.3 Å². The molecular weight excluding hydrogens is 1120 g/mol. The average Bonchev–Trinajstić information content (AvgIpc) is 1.48. The normalized spacial score (nSPS) is 21.5. The van der Waals surface area contributed by atoms with Gasteiger partial charge in [-0.1, -0.05) is 57.2 Å². The highest BCUT2D eigenvalue weighted by atomic mass is 19.1. The van der Waals surface area contributed by atoms with Crippen LogP contribution < -0.4 is 16.0 Å². The van der Waals surface area contributed by atoms with Gasteiger partial charge < -0.3 is 61.0 Å². The Kier molecular flexibility index (Phi) is 22.7. The summed E-state index contributed by atoms with van der Waals surface area (Å²) < 4.78 is 26.4. The molecular formula is C61H77FN6O18. The average molecular weight is 1200 g/mol. The molecule has 5 heterocycles. The number of ether oxygens (including phenoxy) is 2. The number of aryl methyl sites for hydroxylation is 1. The van der Waals surface area contributed by atoms with Crippen LogP contribution in [0.25, 0.3) is 16.6 Å². The van der Waals surface area contributed by atoms with Crippen molar-refractivity contribution in [1.82, 2.24) is 30.7 Å². The van der Waals surface area contributed by atoms with E-state index in [4.69, 9.17) is 19.6 Å². The number of rotatable bonds is 32. The summed E-state index contributed by atoms with van der Waals surface area (Å²) in [6.07, 6.45) is -6.74. The number of fused-ring (bicyclic) bond motifs is 5. The lowest BCUT2D eigenvalue weighted by Gasteiger charge is -2.44. The highest BCUT2D eigenvalue weighted by Gasteiger charge is 2.56. The molecule has 0 radical (unpaired) electrons. The van der Waals surface area contributed by atoms with Gasteiger partial charge in [-0.05, 0) is 74.6 Å². The zero-order valence-corrected chi connectivity index (χ0v) is 48.6. The fraction of sp³-hybridized carbons (Fsp3) is 0.557. The molecule has 2 aromatic carbocycles. The summed E-state index contributed by atoms with van der Waals surface area (Å²) >= 11 is 0. The molecule has 0 bridgehead atoms. The van der Waals surface area contributed by atoms with Gasteiger partial charge in [-0.15, -0.1) is 0 Å². The molecule has 466 valence electrons. The van der Waals surface area contributed by atoms with Crippen LogP contribution in [0.1, 0.15) is 119 Å². The van der Waals surface area contributed by atoms with Crippen molar-refractivity contribution in [3.8, 4) is 0 Å². The van der Waals surface area contributed by atoms with E-state index in [0.29, 0.717) is 47.3 Å². The van der Waals surface area contributed by atoms with Crippen molar-refractivity contribution in [2.75, 3.05) is 33.1 Å². The van der Waals surface area contributed by atoms with Crippen molar-refractivity contribution >= 4 is 75.4 Å². The van der Waals surface area contributed by atoms with Gasteiger partial charge >= 0.3 is 5.97 Å². The number of imide groups is 1. The third-order valence-corrected chi connectivity index (χ3v) is 16.7. The molecule has 3 unspecified atom stereocenters. The number of cyclic esters (lactones) is 1. The largest absolute Gasteiger partial charge is 0.463 e. The van der Waals surface area contributed by atoms with Crippen molar-refractivity contribution in [3.63, 3.8) is 0 Å². The standard InChI is InChI=1S/C61H77FN6O18/c1-5-61(84)41-25-46-54-36(27-67(46)59(82)40(41)30-86-60(61)83)24-39-38(34(4)42(62)26-44(39)66-54)13-9-10-20-85-31-63-57(80)32(2)21-49(73)45(23-35-11-7-6-8-12-35)65-51(75)19-18-47(71)43(64-52(76)28-68-53(77)22-33(3)58(68)81)16-14-37(70)15-17-48(72)55(78)56(79)50(74)29-69/h6-8,11-12,24-26,32-33,40-41,43,45,48,50,55-56,69,72,74,78-79,84H,5,9-10,13-23,27-31H2,1-4H3,(H,63,80)(H,64,76)(H,65,75)/t32-,33?,40?,41?,43+,45+,48+,50-,55-,56-,61+/m1/s1. The molecule has 4 aliphatic rings. The molecule has 1 aromatic heterocycles. The maximum absolute atomic E-state index is 15.5. The monoisotopic (exact) mass is 1200 g/mol. The first-order chi connectivity index (χ1) is 40.9. The van der Waals surface area contributed by atoms with Gasteiger partial charge in [0, 0.05) is 79.9 Å². The SMILES string of the molecule is CC[C@@]1(O)C(=O)OCC2C(=O)N3Cc4cc5c(CCCCOCNC(=O)[C@H](C)CC(=O)[C@H](Cc6ccccc6)NC(=O)CCC(=O)[C@H](CCC(=O)CC[C@H](O)[C@@H](O)[C@H](O)[C@H](O)CO)NC(=O)CN6C(=O)CC(C)C6=O)c(C)c(F)cc5nc4C3=CC21. The van der Waals surface area contributed by atoms with Crippen LogP contribution in [-0.2, 0) is 76.8 Å². The first-order valence-corrected chi connectivity index (χ1v) is 29.1. The Morgan fingerprint density at radius 2 is 1.58 bits per heavy atom. The highest BCUT2D eigenvalue weighted by molar-refractivity contribution is 6.06. The fourth-order valence-corrected chi connectivity index (χ4v) is 11.4. The number of amides is 6. The second-order valence-corrected chi connectivity index (χ2v) is 22.9. The third-order valence-electron chi connectivity index (χ3n) is 16.7. The highest BCUT2D eigenvalue weighted by Crippen LogP contribution is 2.46. The lowest BCUT2D eigenvalue weighted by molar-refractivity contribution is -0.190. The molecule has 7 rings (SSSR count). The summed E-state index contributed by atoms with van der Waals surface area (Å²) in [5, 5.41) is 68.8. The number of Topliss-reactive ketones (excluding diaryl/α,β-unsaturated/α-hetero) is 3. The number of nitrogens with one attached hydrogen (secondary N) is 3. The summed E-state index contributed by atoms with van der Waals surface area (Å²) in [7, 11) is 0. The van der Waals surface area contributed by atoms with Gasteiger partial charge in [-0.3, -0.25) is 48.1 Å². The molecule has 24 nitrogen and oxygen atoms in total. The van der Waals surface area contributed by atoms with E-state index >= 15 is 4.39 Å². The number of benzene rings is 2. The first kappa shape index (κ1) is 66.3. The molecule has 0 saturated carbocycles. The predicted molar refractivity (Wildman–Crippen MR) is 302 cm³/mol. The van der Waals surface area contributed by atoms with Crippen LogP contribution in [0, 0.1) is 36.4 Å². The predicted octanol–water partition coefficient (Wildman–Crippen LogP) is 0.840. The lowest BCUT2D eigenvalue weighted by atomic mass is 9.72. The van der Waals surface area contributed by atoms with E-state index in [-0.39, 0.29) is 83.8 Å². The number of pyridine rings is 1. The minimum Gasteiger partial charge on any atom is -0.463 e. The number of hydrogen-bond donors (Lipinski definition) is 9. The Morgan fingerprint density at radius 1 is 0.884 bits per heavy atom. The van der Waals surface area contributed by atoms with Gasteiger partial charge in [0.2, 0.25) is 35.4 Å². The number of esters is 1. The molecule has 3 aromatic rings. The number of unbranched alkanes of at least 4 members (excludes halogenated alkanes) is 1. The Bertz CT molecular complexity index is 3100. The lowest BCUT2D eigenvalue weighted by Crippen LogP contribution is -2.58. The number of carbonyl (C=O) groups excluding carboxylic acids is 10. The number of ketones is 3. The summed E-state index contributed by atoms with van der Waals surface area (Å²) in [5.74, 6) is -9.66. The molecule has 2 saturated heterocycles. The van der Waals surface area contributed by atoms with Crippen molar-refractivity contribution in [2.24, 2.45) is 23.7 Å². The summed E-state index contributed by atoms with van der Waals surface area (Å²) in [6, 6.07) is 9.45. The zero-order chi connectivity index (χ0) is 62.7. The minimum absolute atomic E-state index is 0.0322. The summed E-state index contributed by atoms with van der Waals surface area (Å²) in [4.78, 5) is 139. The van der Waals surface area contributed by atoms with E-state index < -0.39 is 150 Å². The Morgan fingerprint density at radius 3 is 2.27 bits per heavy atom. The molecule has 0 spiro atoms. The molecule has 25 heteroatoms. The molecule has 4 aliphatic heterocycles. The minimum atomic E-state index is -1.92. The number of likely N-dealkylation sites (tertiary alicyclic amines) is 1. The van der Waals surface area contributed by atoms with Crippen LogP contribution in [0.15, 0.2) is 48.5 Å². The molecule has 11 atom stereocenters. The van der Waals surface area contributed by atoms with E-state index in [1.54, 1.807) is 55.2 Å². The third kappa shape index (κ3) is 15.6. The number of hydrogen-bond acceptors (Lipinski definition) is 19. The van der Waals surface area contributed by atoms with Crippen molar-refractivity contribution < 1.29 is 92.4 Å². The van der Waals surface area contributed by atoms with Crippen LogP contribution in [-0.4, -0.2) is 179 Å². The van der Waals surface area contributed by atoms with Crippen molar-refractivity contribution in [2.45, 2.75) is 160 Å². The van der Waals surface area contributed by atoms with Crippen LogP contribution in [0.2, 0.25) is 0 Å². The van der Waals surface area contributed by atoms with Crippen LogP contribution in [0.4, 0.5) is 4.39 Å². The van der Waals surface area contributed by atoms with Gasteiger partial charge in [-0.2, -0.15) is 0 Å². The second-order valence-electron chi connectivity index (χ2n) is 22.9. The molecule has 0 aliphatic carbocycles. The number of aliphatic hydroxyl groups is 6. The van der Waals surface area contributed by atoms with Gasteiger partial charge in [0.15, 0.2) is 17.2 Å². The topological polar surface area (TPSA) is 366 Å². The van der Waals surface area contributed by atoms with Crippen molar-refractivity contribution in [1.29, 1.82) is 0 Å². The summed E-state index contributed by atoms with van der Waals surface area (Å²) in [6.45, 7) is 4.89. The van der Waals surface area contributed by atoms with Gasteiger partial charge in [0.1, 0.15) is 49.8 Å².